The van der Waals surface area contributed by atoms with E-state index in [1.54, 1.807) is 0 Å². The van der Waals surface area contributed by atoms with E-state index in [9.17, 15) is 0 Å². The van der Waals surface area contributed by atoms with Crippen LogP contribution in [0.3, 0.4) is 0 Å². The minimum Gasteiger partial charge on any atom is -2.00 e. The van der Waals surface area contributed by atoms with Gasteiger partial charge in [0, 0.05) is 0 Å². The Morgan fingerprint density at radius 2 is 0.750 bits per heavy atom. The van der Waals surface area contributed by atoms with Gasteiger partial charge in [0.15, 0.2) is 0 Å². The van der Waals surface area contributed by atoms with Gasteiger partial charge in [0.25, 0.3) is 0 Å². The van der Waals surface area contributed by atoms with Gasteiger partial charge in [-0.2, -0.15) is 0 Å². The monoisotopic (exact) mass is 363 g/mol. The number of hydrogen-bond acceptors (Lipinski definition) is 0. The predicted octanol–water partition coefficient (Wildman–Crippen LogP) is -0.238. The summed E-state index contributed by atoms with van der Waals surface area (Å²) in [5.41, 5.74) is 0. The van der Waals surface area contributed by atoms with Crippen molar-refractivity contribution in [2.75, 3.05) is 0 Å². The maximum atomic E-state index is 0. The van der Waals surface area contributed by atoms with Crippen LogP contribution in [0.5, 0.6) is 0 Å². The Balaban J connectivity index is 0. The SMILES string of the molecule is [Er+3].[Ho+3].[O-2].[O-2]. The zero-order valence-electron chi connectivity index (χ0n) is 1.41. The Hall–Kier alpha value is 2.43. The molecule has 0 fully saturated rings. The summed E-state index contributed by atoms with van der Waals surface area (Å²) in [6.07, 6.45) is 0. The van der Waals surface area contributed by atoms with Crippen LogP contribution < -0.4 is 0 Å². The number of hydrogen-bond donors (Lipinski definition) is 0. The summed E-state index contributed by atoms with van der Waals surface area (Å²) in [7, 11) is 0. The fourth-order valence-electron chi connectivity index (χ4n) is 0. The van der Waals surface area contributed by atoms with E-state index < -0.39 is 0 Å². The molecule has 0 spiro atoms. The van der Waals surface area contributed by atoms with E-state index in [4.69, 9.17) is 0 Å². The van der Waals surface area contributed by atoms with Crippen LogP contribution in [-0.4, -0.2) is 0 Å². The fraction of sp³-hybridized carbons (Fsp3) is 0. The fourth-order valence-corrected chi connectivity index (χ4v) is 0. The molecule has 0 aromatic rings. The van der Waals surface area contributed by atoms with Crippen molar-refractivity contribution in [1.82, 2.24) is 0 Å². The van der Waals surface area contributed by atoms with Crippen LogP contribution in [0.1, 0.15) is 0 Å². The summed E-state index contributed by atoms with van der Waals surface area (Å²) in [4.78, 5) is 0. The first-order chi connectivity index (χ1) is 0. The topological polar surface area (TPSA) is 57.0 Å². The molecular formula is ErHoO2+2. The third-order valence-corrected chi connectivity index (χ3v) is 0. The van der Waals surface area contributed by atoms with Crippen molar-refractivity contribution in [3.63, 3.8) is 0 Å². The third kappa shape index (κ3) is 8.83. The van der Waals surface area contributed by atoms with Gasteiger partial charge < -0.3 is 11.0 Å². The maximum absolute atomic E-state index is 0. The van der Waals surface area contributed by atoms with E-state index in [-0.39, 0.29) is 86.0 Å². The second-order valence-corrected chi connectivity index (χ2v) is 0. The van der Waals surface area contributed by atoms with Crippen molar-refractivity contribution in [1.29, 1.82) is 0 Å². The molecule has 0 saturated carbocycles. The first-order valence-electron chi connectivity index (χ1n) is 0. The molecule has 0 unspecified atom stereocenters. The van der Waals surface area contributed by atoms with Gasteiger partial charge in [0.1, 0.15) is 0 Å². The van der Waals surface area contributed by atoms with Crippen molar-refractivity contribution in [3.05, 3.63) is 0 Å². The van der Waals surface area contributed by atoms with E-state index in [1.165, 1.54) is 0 Å². The summed E-state index contributed by atoms with van der Waals surface area (Å²) >= 11 is 0. The average molecular weight is 364 g/mol. The Morgan fingerprint density at radius 3 is 0.750 bits per heavy atom. The van der Waals surface area contributed by atoms with Gasteiger partial charge in [0.05, 0.1) is 0 Å². The summed E-state index contributed by atoms with van der Waals surface area (Å²) < 4.78 is 0. The van der Waals surface area contributed by atoms with E-state index in [0.29, 0.717) is 0 Å². The molecule has 0 saturated heterocycles. The first kappa shape index (κ1) is 32.1. The van der Waals surface area contributed by atoms with Gasteiger partial charge in [-0.3, -0.25) is 0 Å². The molecule has 0 amide bonds. The van der Waals surface area contributed by atoms with Crippen molar-refractivity contribution < 1.29 is 86.0 Å². The molecular weight excluding hydrogens is 364 g/mol. The van der Waals surface area contributed by atoms with Gasteiger partial charge in [-0.15, -0.1) is 0 Å². The van der Waals surface area contributed by atoms with E-state index in [2.05, 4.69) is 0 Å². The molecule has 0 aliphatic heterocycles. The molecule has 1 radical (unpaired) electrons. The summed E-state index contributed by atoms with van der Waals surface area (Å²) in [5, 5.41) is 0. The largest absolute Gasteiger partial charge is 3.00 e. The Labute approximate surface area is 84.2 Å². The molecule has 0 aliphatic carbocycles. The summed E-state index contributed by atoms with van der Waals surface area (Å²) in [5.74, 6) is 0. The normalized spacial score (nSPS) is 0. The zero-order chi connectivity index (χ0) is 0. The minimum absolute atomic E-state index is 0. The second-order valence-electron chi connectivity index (χ2n) is 0. The van der Waals surface area contributed by atoms with Crippen LogP contribution in [0, 0.1) is 75.0 Å². The van der Waals surface area contributed by atoms with Crippen molar-refractivity contribution in [2.24, 2.45) is 0 Å². The van der Waals surface area contributed by atoms with Gasteiger partial charge in [-0.1, -0.05) is 0 Å². The standard InChI is InChI=1S/Er.Ho.2O/q2*+3;2*-2. The van der Waals surface area contributed by atoms with Crippen LogP contribution in [-0.2, 0) is 11.0 Å². The van der Waals surface area contributed by atoms with Crippen molar-refractivity contribution >= 4 is 0 Å². The van der Waals surface area contributed by atoms with Crippen molar-refractivity contribution in [3.8, 4) is 0 Å². The summed E-state index contributed by atoms with van der Waals surface area (Å²) in [6, 6.07) is 0. The first-order valence-corrected chi connectivity index (χ1v) is 0. The molecule has 0 heterocycles. The molecule has 4 heavy (non-hydrogen) atoms. The Morgan fingerprint density at radius 1 is 0.750 bits per heavy atom. The molecule has 0 bridgehead atoms. The average Bonchev–Trinajstić information content (AvgIpc) is 0. The quantitative estimate of drug-likeness (QED) is 0.533. The molecule has 0 N–H and O–H groups in total. The maximum Gasteiger partial charge on any atom is 3.00 e. The van der Waals surface area contributed by atoms with E-state index in [1.807, 2.05) is 0 Å². The van der Waals surface area contributed by atoms with Crippen LogP contribution >= 0.6 is 0 Å². The van der Waals surface area contributed by atoms with Crippen LogP contribution in [0.25, 0.3) is 0 Å². The second kappa shape index (κ2) is 18.1. The van der Waals surface area contributed by atoms with Crippen LogP contribution in [0.4, 0.5) is 0 Å². The van der Waals surface area contributed by atoms with Crippen molar-refractivity contribution in [2.45, 2.75) is 0 Å². The molecule has 0 aromatic heterocycles. The van der Waals surface area contributed by atoms with Gasteiger partial charge >= 0.3 is 75.0 Å². The third-order valence-electron chi connectivity index (χ3n) is 0. The zero-order valence-corrected chi connectivity index (χ0v) is 5.19. The van der Waals surface area contributed by atoms with E-state index in [0.717, 1.165) is 0 Å². The molecule has 0 atom stereocenters. The van der Waals surface area contributed by atoms with Crippen LogP contribution in [0.15, 0.2) is 0 Å². The molecule has 0 aromatic carbocycles. The summed E-state index contributed by atoms with van der Waals surface area (Å²) in [6.45, 7) is 0. The molecule has 0 aliphatic rings. The molecule has 2 nitrogen and oxygen atoms in total. The van der Waals surface area contributed by atoms with Crippen LogP contribution in [0.2, 0.25) is 0 Å². The minimum atomic E-state index is 0. The molecule has 0 rings (SSSR count). The predicted molar refractivity (Wildman–Crippen MR) is 1.37 cm³/mol. The van der Waals surface area contributed by atoms with E-state index >= 15 is 0 Å². The Bertz CT molecular complexity index is 6.00. The van der Waals surface area contributed by atoms with Gasteiger partial charge in [-0.05, 0) is 0 Å². The Kier molecular flexibility index (Phi) is 145. The smallest absolute Gasteiger partial charge is 2.00 e. The molecule has 4 heteroatoms. The van der Waals surface area contributed by atoms with Gasteiger partial charge in [0.2, 0.25) is 0 Å². The molecule has 33 valence electrons. The van der Waals surface area contributed by atoms with Gasteiger partial charge in [-0.25, -0.2) is 0 Å². The number of rotatable bonds is 0.